The molecule has 1 amide bonds. The van der Waals surface area contributed by atoms with Crippen molar-refractivity contribution in [1.82, 2.24) is 19.6 Å². The van der Waals surface area contributed by atoms with Gasteiger partial charge in [0, 0.05) is 24.3 Å². The fourth-order valence-electron chi connectivity index (χ4n) is 4.25. The molecule has 1 saturated heterocycles. The van der Waals surface area contributed by atoms with Crippen LogP contribution in [0, 0.1) is 0 Å². The van der Waals surface area contributed by atoms with Crippen LogP contribution < -0.4 is 14.8 Å². The summed E-state index contributed by atoms with van der Waals surface area (Å²) in [5.41, 5.74) is 2.93. The van der Waals surface area contributed by atoms with Gasteiger partial charge in [0.2, 0.25) is 0 Å². The maximum Gasteiger partial charge on any atom is 0.387 e. The molecular weight excluding hydrogens is 446 g/mol. The molecule has 0 radical (unpaired) electrons. The summed E-state index contributed by atoms with van der Waals surface area (Å²) < 4.78 is 44.1. The Morgan fingerprint density at radius 1 is 1.26 bits per heavy atom. The molecule has 0 bridgehead atoms. The monoisotopic (exact) mass is 472 g/mol. The third-order valence-corrected chi connectivity index (χ3v) is 6.26. The van der Waals surface area contributed by atoms with Crippen molar-refractivity contribution in [3.05, 3.63) is 47.8 Å². The Morgan fingerprint density at radius 3 is 2.76 bits per heavy atom. The summed E-state index contributed by atoms with van der Waals surface area (Å²) in [6, 6.07) is 7.24. The molecule has 2 aliphatic rings. The van der Waals surface area contributed by atoms with Crippen molar-refractivity contribution in [2.75, 3.05) is 33.9 Å². The number of imidazole rings is 1. The summed E-state index contributed by atoms with van der Waals surface area (Å²) in [5, 5.41) is 2.81. The molecular formula is C24H26F2N4O4. The first-order valence-electron chi connectivity index (χ1n) is 11.2. The number of ether oxygens (including phenoxy) is 3. The molecule has 3 aromatic rings. The molecule has 3 heterocycles. The minimum Gasteiger partial charge on any atom is -0.496 e. The first-order chi connectivity index (χ1) is 16.4. The van der Waals surface area contributed by atoms with E-state index in [1.807, 2.05) is 22.7 Å². The van der Waals surface area contributed by atoms with E-state index in [9.17, 15) is 13.6 Å². The van der Waals surface area contributed by atoms with Crippen LogP contribution in [-0.4, -0.2) is 66.8 Å². The highest BCUT2D eigenvalue weighted by Gasteiger charge is 2.29. The van der Waals surface area contributed by atoms with Gasteiger partial charge in [-0.05, 0) is 49.7 Å². The Morgan fingerprint density at radius 2 is 2.06 bits per heavy atom. The molecule has 10 heteroatoms. The number of methoxy groups -OCH3 is 1. The number of nitrogens with zero attached hydrogens (tertiary/aromatic N) is 3. The molecule has 5 rings (SSSR count). The maximum absolute atomic E-state index is 13.2. The number of morpholine rings is 1. The van der Waals surface area contributed by atoms with Gasteiger partial charge in [-0.15, -0.1) is 0 Å². The van der Waals surface area contributed by atoms with E-state index in [0.29, 0.717) is 30.1 Å². The van der Waals surface area contributed by atoms with Gasteiger partial charge >= 0.3 is 6.61 Å². The highest BCUT2D eigenvalue weighted by molar-refractivity contribution is 6.01. The van der Waals surface area contributed by atoms with Crippen LogP contribution in [0.3, 0.4) is 0 Å². The SMILES string of the molecule is COc1cc(-c2cnc3cc(C4COCCN4C)ccn23)cc(OC(F)F)c1C(=O)NC1CC1. The molecule has 1 saturated carbocycles. The topological polar surface area (TPSA) is 77.3 Å². The fourth-order valence-corrected chi connectivity index (χ4v) is 4.25. The normalized spacial score (nSPS) is 18.9. The molecule has 34 heavy (non-hydrogen) atoms. The Labute approximate surface area is 195 Å². The number of carbonyl (C=O) groups excluding carboxylic acids is 1. The molecule has 1 atom stereocenters. The van der Waals surface area contributed by atoms with Gasteiger partial charge in [-0.1, -0.05) is 0 Å². The van der Waals surface area contributed by atoms with E-state index < -0.39 is 12.5 Å². The van der Waals surface area contributed by atoms with Gasteiger partial charge in [0.15, 0.2) is 0 Å². The lowest BCUT2D eigenvalue weighted by Crippen LogP contribution is -2.36. The smallest absolute Gasteiger partial charge is 0.387 e. The van der Waals surface area contributed by atoms with Gasteiger partial charge in [-0.3, -0.25) is 14.1 Å². The Hall–Kier alpha value is -3.24. The third kappa shape index (κ3) is 4.43. The first kappa shape index (κ1) is 22.5. The largest absolute Gasteiger partial charge is 0.496 e. The Kier molecular flexibility index (Phi) is 6.09. The van der Waals surface area contributed by atoms with Crippen LogP contribution in [0.1, 0.15) is 34.8 Å². The van der Waals surface area contributed by atoms with Crippen LogP contribution in [0.25, 0.3) is 16.9 Å². The number of likely N-dealkylation sites (N-methyl/N-ethyl adjacent to an activating group) is 1. The number of rotatable bonds is 7. The number of hydrogen-bond acceptors (Lipinski definition) is 6. The third-order valence-electron chi connectivity index (χ3n) is 6.26. The second-order valence-electron chi connectivity index (χ2n) is 8.58. The number of pyridine rings is 1. The van der Waals surface area contributed by atoms with Crippen LogP contribution in [0.5, 0.6) is 11.5 Å². The van der Waals surface area contributed by atoms with Crippen LogP contribution in [-0.2, 0) is 4.74 Å². The van der Waals surface area contributed by atoms with Gasteiger partial charge in [-0.2, -0.15) is 8.78 Å². The van der Waals surface area contributed by atoms with Crippen molar-refractivity contribution in [1.29, 1.82) is 0 Å². The number of halogens is 2. The van der Waals surface area contributed by atoms with E-state index in [0.717, 1.165) is 24.9 Å². The average Bonchev–Trinajstić information content (AvgIpc) is 3.53. The van der Waals surface area contributed by atoms with E-state index in [1.165, 1.54) is 13.2 Å². The summed E-state index contributed by atoms with van der Waals surface area (Å²) in [6.07, 6.45) is 5.28. The zero-order valence-electron chi connectivity index (χ0n) is 19.0. The van der Waals surface area contributed by atoms with Crippen molar-refractivity contribution < 1.29 is 27.8 Å². The van der Waals surface area contributed by atoms with Crippen molar-refractivity contribution in [2.45, 2.75) is 31.5 Å². The van der Waals surface area contributed by atoms with Gasteiger partial charge < -0.3 is 19.5 Å². The summed E-state index contributed by atoms with van der Waals surface area (Å²) in [7, 11) is 3.45. The quantitative estimate of drug-likeness (QED) is 0.567. The number of amides is 1. The standard InChI is InChI=1S/C24H26F2N4O4/c1-29-7-8-33-13-18(29)14-5-6-30-17(12-27-21(30)11-14)15-9-19(32-2)22(20(10-15)34-24(25)26)23(31)28-16-3-4-16/h5-6,9-12,16,18,24H,3-4,7-8,13H2,1-2H3,(H,28,31). The van der Waals surface area contributed by atoms with E-state index in [1.54, 1.807) is 12.3 Å². The van der Waals surface area contributed by atoms with Gasteiger partial charge in [0.25, 0.3) is 5.91 Å². The molecule has 2 fully saturated rings. The lowest BCUT2D eigenvalue weighted by Gasteiger charge is -2.32. The summed E-state index contributed by atoms with van der Waals surface area (Å²) >= 11 is 0. The van der Waals surface area contributed by atoms with E-state index in [-0.39, 0.29) is 29.1 Å². The predicted molar refractivity (Wildman–Crippen MR) is 120 cm³/mol. The molecule has 0 spiro atoms. The zero-order valence-corrected chi connectivity index (χ0v) is 19.0. The molecule has 1 aromatic carbocycles. The number of hydrogen-bond donors (Lipinski definition) is 1. The van der Waals surface area contributed by atoms with Gasteiger partial charge in [-0.25, -0.2) is 4.98 Å². The summed E-state index contributed by atoms with van der Waals surface area (Å²) in [5.74, 6) is -0.586. The number of fused-ring (bicyclic) bond motifs is 1. The van der Waals surface area contributed by atoms with Crippen molar-refractivity contribution in [3.8, 4) is 22.8 Å². The van der Waals surface area contributed by atoms with E-state index in [4.69, 9.17) is 14.2 Å². The predicted octanol–water partition coefficient (Wildman–Crippen LogP) is 3.51. The van der Waals surface area contributed by atoms with E-state index in [2.05, 4.69) is 22.2 Å². The lowest BCUT2D eigenvalue weighted by molar-refractivity contribution is -0.0502. The first-order valence-corrected chi connectivity index (χ1v) is 11.2. The minimum atomic E-state index is -3.09. The van der Waals surface area contributed by atoms with Crippen molar-refractivity contribution >= 4 is 11.6 Å². The molecule has 8 nitrogen and oxygen atoms in total. The Bertz CT molecular complexity index is 1210. The number of carbonyl (C=O) groups is 1. The molecule has 2 aromatic heterocycles. The molecule has 1 unspecified atom stereocenters. The van der Waals surface area contributed by atoms with Crippen LogP contribution in [0.4, 0.5) is 8.78 Å². The summed E-state index contributed by atoms with van der Waals surface area (Å²) in [4.78, 5) is 19.5. The number of benzene rings is 1. The number of aromatic nitrogens is 2. The minimum absolute atomic E-state index is 0.0464. The fraction of sp³-hybridized carbons (Fsp3) is 0.417. The summed E-state index contributed by atoms with van der Waals surface area (Å²) in [6.45, 7) is -0.923. The van der Waals surface area contributed by atoms with Crippen molar-refractivity contribution in [3.63, 3.8) is 0 Å². The van der Waals surface area contributed by atoms with Crippen LogP contribution in [0.2, 0.25) is 0 Å². The molecule has 180 valence electrons. The van der Waals surface area contributed by atoms with Gasteiger partial charge in [0.1, 0.15) is 22.7 Å². The number of nitrogens with one attached hydrogen (secondary N) is 1. The highest BCUT2D eigenvalue weighted by atomic mass is 19.3. The maximum atomic E-state index is 13.2. The lowest BCUT2D eigenvalue weighted by atomic mass is 10.0. The Balaban J connectivity index is 1.54. The van der Waals surface area contributed by atoms with Crippen molar-refractivity contribution in [2.24, 2.45) is 0 Å². The van der Waals surface area contributed by atoms with Crippen LogP contribution >= 0.6 is 0 Å². The molecule has 1 aliphatic carbocycles. The van der Waals surface area contributed by atoms with Gasteiger partial charge in [0.05, 0.1) is 38.3 Å². The zero-order chi connectivity index (χ0) is 23.8. The van der Waals surface area contributed by atoms with Crippen LogP contribution in [0.15, 0.2) is 36.7 Å². The second-order valence-corrected chi connectivity index (χ2v) is 8.58. The highest BCUT2D eigenvalue weighted by Crippen LogP contribution is 2.37. The van der Waals surface area contributed by atoms with E-state index >= 15 is 0 Å². The molecule has 1 aliphatic heterocycles. The average molecular weight is 472 g/mol. The molecule has 1 N–H and O–H groups in total. The number of alkyl halides is 2. The second kappa shape index (κ2) is 9.19.